The molecule has 3 atom stereocenters. The van der Waals surface area contributed by atoms with Crippen molar-refractivity contribution in [1.29, 1.82) is 0 Å². The molecule has 4 rings (SSSR count). The molecular formula is C19H22N2O2S. The molecule has 2 fully saturated rings. The van der Waals surface area contributed by atoms with Gasteiger partial charge in [0.2, 0.25) is 0 Å². The molecule has 0 saturated carbocycles. The van der Waals surface area contributed by atoms with Crippen molar-refractivity contribution in [3.8, 4) is 16.2 Å². The Morgan fingerprint density at radius 3 is 2.96 bits per heavy atom. The fourth-order valence-electron chi connectivity index (χ4n) is 3.87. The Bertz CT molecular complexity index is 730. The number of ether oxygens (including phenoxy) is 1. The molecule has 4 nitrogen and oxygen atoms in total. The number of methoxy groups -OCH3 is 1. The quantitative estimate of drug-likeness (QED) is 0.927. The predicted molar refractivity (Wildman–Crippen MR) is 96.7 cm³/mol. The van der Waals surface area contributed by atoms with E-state index in [1.807, 2.05) is 36.4 Å². The highest BCUT2D eigenvalue weighted by molar-refractivity contribution is 7.17. The summed E-state index contributed by atoms with van der Waals surface area (Å²) in [5.41, 5.74) is 1.03. The van der Waals surface area contributed by atoms with Gasteiger partial charge in [0.1, 0.15) is 5.75 Å². The van der Waals surface area contributed by atoms with Crippen molar-refractivity contribution in [2.24, 2.45) is 5.92 Å². The van der Waals surface area contributed by atoms with Crippen molar-refractivity contribution in [3.63, 3.8) is 0 Å². The molecule has 2 aliphatic rings. The number of fused-ring (bicyclic) bond motifs is 2. The first-order chi connectivity index (χ1) is 11.7. The second-order valence-electron chi connectivity index (χ2n) is 6.68. The SMILES string of the molecule is COc1ccccc1-c1ccc(C(=O)N[C@@H]2C[C@@H]3CCN(C3)C2)s1. The zero-order chi connectivity index (χ0) is 16.5. The maximum Gasteiger partial charge on any atom is 0.261 e. The molecule has 2 saturated heterocycles. The predicted octanol–water partition coefficient (Wildman–Crippen LogP) is 3.25. The second-order valence-corrected chi connectivity index (χ2v) is 7.77. The first-order valence-electron chi connectivity index (χ1n) is 8.49. The number of benzene rings is 1. The Hall–Kier alpha value is -1.85. The minimum atomic E-state index is 0.0497. The third-order valence-corrected chi connectivity index (χ3v) is 6.12. The lowest BCUT2D eigenvalue weighted by atomic mass is 9.97. The van der Waals surface area contributed by atoms with Gasteiger partial charge in [0, 0.05) is 29.6 Å². The van der Waals surface area contributed by atoms with E-state index in [1.165, 1.54) is 30.8 Å². The van der Waals surface area contributed by atoms with E-state index in [1.54, 1.807) is 7.11 Å². The molecule has 2 bridgehead atoms. The number of carbonyl (C=O) groups excluding carboxylic acids is 1. The van der Waals surface area contributed by atoms with Crippen LogP contribution in [0.15, 0.2) is 36.4 Å². The summed E-state index contributed by atoms with van der Waals surface area (Å²) in [6.45, 7) is 3.39. The third kappa shape index (κ3) is 3.06. The van der Waals surface area contributed by atoms with Crippen LogP contribution in [-0.2, 0) is 0 Å². The van der Waals surface area contributed by atoms with Gasteiger partial charge in [0.25, 0.3) is 5.91 Å². The van der Waals surface area contributed by atoms with Crippen LogP contribution >= 0.6 is 11.3 Å². The number of piperidine rings is 1. The molecule has 3 heterocycles. The van der Waals surface area contributed by atoms with Crippen LogP contribution in [0.3, 0.4) is 0 Å². The van der Waals surface area contributed by atoms with E-state index in [-0.39, 0.29) is 11.9 Å². The molecule has 24 heavy (non-hydrogen) atoms. The first kappa shape index (κ1) is 15.7. The number of amides is 1. The molecular weight excluding hydrogens is 320 g/mol. The number of nitrogens with one attached hydrogen (secondary N) is 1. The summed E-state index contributed by atoms with van der Waals surface area (Å²) >= 11 is 1.52. The summed E-state index contributed by atoms with van der Waals surface area (Å²) in [5, 5.41) is 3.23. The Balaban J connectivity index is 1.47. The van der Waals surface area contributed by atoms with Crippen molar-refractivity contribution >= 4 is 17.2 Å². The third-order valence-electron chi connectivity index (χ3n) is 5.00. The molecule has 126 valence electrons. The largest absolute Gasteiger partial charge is 0.496 e. The summed E-state index contributed by atoms with van der Waals surface area (Å²) in [6, 6.07) is 12.1. The summed E-state index contributed by atoms with van der Waals surface area (Å²) in [7, 11) is 1.67. The molecule has 1 aromatic heterocycles. The van der Waals surface area contributed by atoms with E-state index in [2.05, 4.69) is 10.2 Å². The van der Waals surface area contributed by atoms with Crippen LogP contribution in [0.4, 0.5) is 0 Å². The molecule has 1 amide bonds. The summed E-state index contributed by atoms with van der Waals surface area (Å²) in [4.78, 5) is 16.9. The van der Waals surface area contributed by atoms with Gasteiger partial charge in [0.15, 0.2) is 0 Å². The highest BCUT2D eigenvalue weighted by atomic mass is 32.1. The van der Waals surface area contributed by atoms with Crippen LogP contribution in [0.2, 0.25) is 0 Å². The smallest absolute Gasteiger partial charge is 0.261 e. The standard InChI is InChI=1S/C19H22N2O2S/c1-23-16-5-3-2-4-15(16)17-6-7-18(24-17)19(22)20-14-10-13-8-9-21(11-13)12-14/h2-7,13-14H,8-12H2,1H3,(H,20,22)/t13-,14+/m0/s1. The van der Waals surface area contributed by atoms with Crippen LogP contribution in [0.1, 0.15) is 22.5 Å². The van der Waals surface area contributed by atoms with Gasteiger partial charge in [0.05, 0.1) is 12.0 Å². The lowest BCUT2D eigenvalue weighted by molar-refractivity contribution is 0.0913. The number of hydrogen-bond donors (Lipinski definition) is 1. The second kappa shape index (κ2) is 6.57. The zero-order valence-electron chi connectivity index (χ0n) is 13.8. The van der Waals surface area contributed by atoms with Crippen LogP contribution in [0, 0.1) is 5.92 Å². The van der Waals surface area contributed by atoms with E-state index in [9.17, 15) is 4.79 Å². The van der Waals surface area contributed by atoms with Crippen molar-refractivity contribution in [3.05, 3.63) is 41.3 Å². The summed E-state index contributed by atoms with van der Waals surface area (Å²) in [6.07, 6.45) is 2.40. The van der Waals surface area contributed by atoms with Gasteiger partial charge in [-0.3, -0.25) is 4.79 Å². The van der Waals surface area contributed by atoms with Crippen LogP contribution < -0.4 is 10.1 Å². The molecule has 1 N–H and O–H groups in total. The minimum absolute atomic E-state index is 0.0497. The highest BCUT2D eigenvalue weighted by Crippen LogP contribution is 2.35. The van der Waals surface area contributed by atoms with Crippen molar-refractivity contribution < 1.29 is 9.53 Å². The van der Waals surface area contributed by atoms with Gasteiger partial charge >= 0.3 is 0 Å². The topological polar surface area (TPSA) is 41.6 Å². The molecule has 2 aromatic rings. The van der Waals surface area contributed by atoms with E-state index >= 15 is 0 Å². The molecule has 1 aromatic carbocycles. The fourth-order valence-corrected chi connectivity index (χ4v) is 4.81. The summed E-state index contributed by atoms with van der Waals surface area (Å²) < 4.78 is 5.42. The van der Waals surface area contributed by atoms with Crippen molar-refractivity contribution in [2.45, 2.75) is 18.9 Å². The van der Waals surface area contributed by atoms with Gasteiger partial charge in [-0.1, -0.05) is 12.1 Å². The van der Waals surface area contributed by atoms with E-state index in [0.717, 1.165) is 40.0 Å². The molecule has 1 unspecified atom stereocenters. The molecule has 0 spiro atoms. The van der Waals surface area contributed by atoms with E-state index < -0.39 is 0 Å². The number of carbonyl (C=O) groups is 1. The Morgan fingerprint density at radius 1 is 1.25 bits per heavy atom. The zero-order valence-corrected chi connectivity index (χ0v) is 14.6. The van der Waals surface area contributed by atoms with E-state index in [0.29, 0.717) is 0 Å². The number of rotatable bonds is 4. The number of hydrogen-bond acceptors (Lipinski definition) is 4. The Kier molecular flexibility index (Phi) is 4.29. The fraction of sp³-hybridized carbons (Fsp3) is 0.421. The monoisotopic (exact) mass is 342 g/mol. The highest BCUT2D eigenvalue weighted by Gasteiger charge is 2.33. The molecule has 5 heteroatoms. The van der Waals surface area contributed by atoms with Crippen molar-refractivity contribution in [2.75, 3.05) is 26.7 Å². The molecule has 2 aliphatic heterocycles. The maximum absolute atomic E-state index is 12.6. The van der Waals surface area contributed by atoms with Crippen LogP contribution in [0.25, 0.3) is 10.4 Å². The van der Waals surface area contributed by atoms with Crippen LogP contribution in [0.5, 0.6) is 5.75 Å². The molecule has 0 aliphatic carbocycles. The Labute approximate surface area is 146 Å². The van der Waals surface area contributed by atoms with Crippen molar-refractivity contribution in [1.82, 2.24) is 10.2 Å². The van der Waals surface area contributed by atoms with Gasteiger partial charge in [-0.15, -0.1) is 11.3 Å². The lowest BCUT2D eigenvalue weighted by Gasteiger charge is -2.30. The number of para-hydroxylation sites is 1. The maximum atomic E-state index is 12.6. The van der Waals surface area contributed by atoms with Gasteiger partial charge in [-0.05, 0) is 49.6 Å². The van der Waals surface area contributed by atoms with Gasteiger partial charge < -0.3 is 15.0 Å². The van der Waals surface area contributed by atoms with E-state index in [4.69, 9.17) is 4.74 Å². The lowest BCUT2D eigenvalue weighted by Crippen LogP contribution is -2.46. The average Bonchev–Trinajstić information content (AvgIpc) is 3.22. The number of thiophene rings is 1. The Morgan fingerprint density at radius 2 is 2.12 bits per heavy atom. The molecule has 0 radical (unpaired) electrons. The number of nitrogens with zero attached hydrogens (tertiary/aromatic N) is 1. The average molecular weight is 342 g/mol. The van der Waals surface area contributed by atoms with Gasteiger partial charge in [-0.25, -0.2) is 0 Å². The summed E-state index contributed by atoms with van der Waals surface area (Å²) in [5.74, 6) is 1.65. The minimum Gasteiger partial charge on any atom is -0.496 e. The van der Waals surface area contributed by atoms with Gasteiger partial charge in [-0.2, -0.15) is 0 Å². The first-order valence-corrected chi connectivity index (χ1v) is 9.31. The normalized spacial score (nSPS) is 25.5. The van der Waals surface area contributed by atoms with Crippen LogP contribution in [-0.4, -0.2) is 43.6 Å².